The second-order valence-corrected chi connectivity index (χ2v) is 4.90. The van der Waals surface area contributed by atoms with E-state index in [1.165, 1.54) is 19.2 Å². The number of methoxy groups -OCH3 is 3. The van der Waals surface area contributed by atoms with Crippen LogP contribution in [0.3, 0.4) is 0 Å². The molecule has 0 saturated heterocycles. The van der Waals surface area contributed by atoms with Gasteiger partial charge >= 0.3 is 0 Å². The minimum Gasteiger partial charge on any atom is -0.497 e. The van der Waals surface area contributed by atoms with Gasteiger partial charge in [-0.15, -0.1) is 0 Å². The molecule has 0 aliphatic rings. The second kappa shape index (κ2) is 7.64. The van der Waals surface area contributed by atoms with Crippen LogP contribution in [0.15, 0.2) is 36.4 Å². The van der Waals surface area contributed by atoms with Gasteiger partial charge in [-0.2, -0.15) is 0 Å². The van der Waals surface area contributed by atoms with Crippen molar-refractivity contribution in [3.63, 3.8) is 0 Å². The largest absolute Gasteiger partial charge is 0.497 e. The first-order valence-corrected chi connectivity index (χ1v) is 7.11. The van der Waals surface area contributed by atoms with Gasteiger partial charge < -0.3 is 24.8 Å². The maximum atomic E-state index is 13.7. The Kier molecular flexibility index (Phi) is 5.59. The summed E-state index contributed by atoms with van der Waals surface area (Å²) in [6, 6.07) is 9.78. The molecule has 122 valence electrons. The first kappa shape index (κ1) is 16.8. The minimum atomic E-state index is -0.470. The summed E-state index contributed by atoms with van der Waals surface area (Å²) < 4.78 is 29.0. The van der Waals surface area contributed by atoms with Gasteiger partial charge in [-0.1, -0.05) is 0 Å². The molecule has 0 radical (unpaired) electrons. The van der Waals surface area contributed by atoms with Gasteiger partial charge in [0.15, 0.2) is 16.7 Å². The summed E-state index contributed by atoms with van der Waals surface area (Å²) >= 11 is 5.23. The molecule has 0 bridgehead atoms. The van der Waals surface area contributed by atoms with E-state index in [1.807, 2.05) is 0 Å². The van der Waals surface area contributed by atoms with Gasteiger partial charge in [0.1, 0.15) is 11.5 Å². The lowest BCUT2D eigenvalue weighted by Gasteiger charge is -2.14. The fourth-order valence-corrected chi connectivity index (χ4v) is 2.16. The fourth-order valence-electron chi connectivity index (χ4n) is 1.93. The lowest BCUT2D eigenvalue weighted by Crippen LogP contribution is -2.19. The van der Waals surface area contributed by atoms with Gasteiger partial charge in [-0.25, -0.2) is 4.39 Å². The van der Waals surface area contributed by atoms with E-state index in [-0.39, 0.29) is 5.75 Å². The van der Waals surface area contributed by atoms with Gasteiger partial charge in [-0.3, -0.25) is 0 Å². The second-order valence-electron chi connectivity index (χ2n) is 4.49. The Bertz CT molecular complexity index is 710. The van der Waals surface area contributed by atoms with Gasteiger partial charge in [0.2, 0.25) is 0 Å². The molecule has 0 unspecified atom stereocenters. The third-order valence-corrected chi connectivity index (χ3v) is 3.27. The molecule has 0 atom stereocenters. The molecular weight excluding hydrogens is 319 g/mol. The van der Waals surface area contributed by atoms with Crippen molar-refractivity contribution in [2.75, 3.05) is 32.0 Å². The van der Waals surface area contributed by atoms with Crippen molar-refractivity contribution in [3.8, 4) is 17.2 Å². The molecule has 0 amide bonds. The standard InChI is InChI=1S/C16H17FN2O3S/c1-20-11-5-6-13(15(9-11)22-3)19-16(23)18-10-4-7-14(21-2)12(17)8-10/h4-9H,1-3H3,(H2,18,19,23). The summed E-state index contributed by atoms with van der Waals surface area (Å²) in [5, 5.41) is 6.20. The molecule has 2 rings (SSSR count). The first-order valence-electron chi connectivity index (χ1n) is 6.71. The predicted molar refractivity (Wildman–Crippen MR) is 92.3 cm³/mol. The highest BCUT2D eigenvalue weighted by Crippen LogP contribution is 2.29. The lowest BCUT2D eigenvalue weighted by atomic mass is 10.2. The molecule has 5 nitrogen and oxygen atoms in total. The molecule has 0 aliphatic carbocycles. The van der Waals surface area contributed by atoms with Crippen molar-refractivity contribution in [2.24, 2.45) is 0 Å². The topological polar surface area (TPSA) is 51.8 Å². The molecular formula is C16H17FN2O3S. The van der Waals surface area contributed by atoms with Crippen LogP contribution in [0.25, 0.3) is 0 Å². The van der Waals surface area contributed by atoms with Gasteiger partial charge in [-0.05, 0) is 36.5 Å². The summed E-state index contributed by atoms with van der Waals surface area (Å²) in [7, 11) is 4.54. The molecule has 0 fully saturated rings. The number of nitrogens with one attached hydrogen (secondary N) is 2. The molecule has 23 heavy (non-hydrogen) atoms. The van der Waals surface area contributed by atoms with Crippen LogP contribution in [0.2, 0.25) is 0 Å². The highest BCUT2D eigenvalue weighted by Gasteiger charge is 2.08. The Labute approximate surface area is 139 Å². The van der Waals surface area contributed by atoms with E-state index in [0.717, 1.165) is 0 Å². The average Bonchev–Trinajstić information content (AvgIpc) is 2.55. The number of benzene rings is 2. The Balaban J connectivity index is 2.09. The smallest absolute Gasteiger partial charge is 0.175 e. The van der Waals surface area contributed by atoms with Crippen molar-refractivity contribution < 1.29 is 18.6 Å². The van der Waals surface area contributed by atoms with Crippen LogP contribution in [-0.4, -0.2) is 26.4 Å². The molecule has 0 aromatic heterocycles. The maximum Gasteiger partial charge on any atom is 0.175 e. The zero-order chi connectivity index (χ0) is 16.8. The molecule has 2 aromatic rings. The molecule has 0 heterocycles. The van der Waals surface area contributed by atoms with Crippen LogP contribution in [0.4, 0.5) is 15.8 Å². The number of rotatable bonds is 5. The molecule has 0 saturated carbocycles. The van der Waals surface area contributed by atoms with E-state index in [0.29, 0.717) is 28.0 Å². The highest BCUT2D eigenvalue weighted by molar-refractivity contribution is 7.80. The third kappa shape index (κ3) is 4.23. The summed E-state index contributed by atoms with van der Waals surface area (Å²) in [4.78, 5) is 0. The van der Waals surface area contributed by atoms with E-state index >= 15 is 0 Å². The van der Waals surface area contributed by atoms with Gasteiger partial charge in [0, 0.05) is 17.8 Å². The Morgan fingerprint density at radius 2 is 1.65 bits per heavy atom. The number of anilines is 2. The molecule has 0 aliphatic heterocycles. The summed E-state index contributed by atoms with van der Waals surface area (Å²) in [6.45, 7) is 0. The van der Waals surface area contributed by atoms with Crippen LogP contribution in [0.1, 0.15) is 0 Å². The normalized spacial score (nSPS) is 9.91. The van der Waals surface area contributed by atoms with E-state index in [4.69, 9.17) is 26.4 Å². The monoisotopic (exact) mass is 336 g/mol. The Morgan fingerprint density at radius 3 is 2.26 bits per heavy atom. The highest BCUT2D eigenvalue weighted by atomic mass is 32.1. The van der Waals surface area contributed by atoms with Crippen LogP contribution in [0.5, 0.6) is 17.2 Å². The number of hydrogen-bond donors (Lipinski definition) is 2. The number of thiocarbonyl (C=S) groups is 1. The van der Waals surface area contributed by atoms with E-state index < -0.39 is 5.82 Å². The van der Waals surface area contributed by atoms with E-state index in [2.05, 4.69) is 10.6 Å². The fraction of sp³-hybridized carbons (Fsp3) is 0.188. The SMILES string of the molecule is COc1ccc(NC(=S)Nc2ccc(OC)c(F)c2)c(OC)c1. The number of hydrogen-bond acceptors (Lipinski definition) is 4. The maximum absolute atomic E-state index is 13.7. The van der Waals surface area contributed by atoms with Gasteiger partial charge in [0.25, 0.3) is 0 Å². The number of halogens is 1. The number of ether oxygens (including phenoxy) is 3. The minimum absolute atomic E-state index is 0.172. The van der Waals surface area contributed by atoms with Crippen LogP contribution >= 0.6 is 12.2 Å². The lowest BCUT2D eigenvalue weighted by molar-refractivity contribution is 0.387. The van der Waals surface area contributed by atoms with Crippen molar-refractivity contribution in [3.05, 3.63) is 42.2 Å². The molecule has 2 aromatic carbocycles. The van der Waals surface area contributed by atoms with Crippen molar-refractivity contribution in [1.82, 2.24) is 0 Å². The molecule has 0 spiro atoms. The summed E-state index contributed by atoms with van der Waals surface area (Å²) in [6.07, 6.45) is 0. The van der Waals surface area contributed by atoms with Crippen molar-refractivity contribution >= 4 is 28.7 Å². The van der Waals surface area contributed by atoms with Crippen LogP contribution in [0, 0.1) is 5.82 Å². The molecule has 2 N–H and O–H groups in total. The first-order chi connectivity index (χ1) is 11.1. The Hall–Kier alpha value is -2.54. The third-order valence-electron chi connectivity index (χ3n) is 3.07. The quantitative estimate of drug-likeness (QED) is 0.813. The zero-order valence-electron chi connectivity index (χ0n) is 13.0. The van der Waals surface area contributed by atoms with E-state index in [1.54, 1.807) is 38.5 Å². The summed E-state index contributed by atoms with van der Waals surface area (Å²) in [5.74, 6) is 0.950. The average molecular weight is 336 g/mol. The molecule has 7 heteroatoms. The Morgan fingerprint density at radius 1 is 0.913 bits per heavy atom. The zero-order valence-corrected chi connectivity index (χ0v) is 13.8. The van der Waals surface area contributed by atoms with Gasteiger partial charge in [0.05, 0.1) is 27.0 Å². The van der Waals surface area contributed by atoms with Crippen molar-refractivity contribution in [1.29, 1.82) is 0 Å². The van der Waals surface area contributed by atoms with Crippen LogP contribution < -0.4 is 24.8 Å². The van der Waals surface area contributed by atoms with E-state index in [9.17, 15) is 4.39 Å². The predicted octanol–water partition coefficient (Wildman–Crippen LogP) is 3.66. The summed E-state index contributed by atoms with van der Waals surface area (Å²) in [5.41, 5.74) is 1.17. The van der Waals surface area contributed by atoms with Crippen molar-refractivity contribution in [2.45, 2.75) is 0 Å². The van der Waals surface area contributed by atoms with Crippen LogP contribution in [-0.2, 0) is 0 Å².